The molecule has 0 N–H and O–H groups in total. The molecular weight excluding hydrogens is 264 g/mol. The van der Waals surface area contributed by atoms with Crippen LogP contribution in [0.4, 0.5) is 0 Å². The molecule has 0 unspecified atom stereocenters. The normalized spacial score (nSPS) is 10.2. The van der Waals surface area contributed by atoms with Crippen LogP contribution in [0, 0.1) is 6.92 Å². The third kappa shape index (κ3) is 2.48. The number of methoxy groups -OCH3 is 2. The minimum absolute atomic E-state index is 0.0657. The fraction of sp³-hybridized carbons (Fsp3) is 0.250. The molecule has 0 amide bonds. The van der Waals surface area contributed by atoms with Gasteiger partial charge in [-0.1, -0.05) is 0 Å². The Bertz CT molecular complexity index is 665. The number of hydrogen-bond donors (Lipinski definition) is 0. The summed E-state index contributed by atoms with van der Waals surface area (Å²) in [4.78, 5) is 30.8. The van der Waals surface area contributed by atoms with Crippen LogP contribution in [0.3, 0.4) is 0 Å². The van der Waals surface area contributed by atoms with Crippen LogP contribution in [-0.4, -0.2) is 45.9 Å². The summed E-state index contributed by atoms with van der Waals surface area (Å²) >= 11 is 0. The largest absolute Gasteiger partial charge is 0.465 e. The first-order valence-corrected chi connectivity index (χ1v) is 5.63. The zero-order valence-electron chi connectivity index (χ0n) is 11.2. The second-order valence-corrected chi connectivity index (χ2v) is 3.80. The van der Waals surface area contributed by atoms with Gasteiger partial charge in [0.2, 0.25) is 0 Å². The Morgan fingerprint density at radius 2 is 1.85 bits per heavy atom. The smallest absolute Gasteiger partial charge is 0.377 e. The van der Waals surface area contributed by atoms with Crippen LogP contribution in [-0.2, 0) is 9.47 Å². The number of ether oxygens (including phenoxy) is 2. The average Bonchev–Trinajstić information content (AvgIpc) is 2.95. The minimum Gasteiger partial charge on any atom is -0.465 e. The highest BCUT2D eigenvalue weighted by Crippen LogP contribution is 2.11. The second-order valence-electron chi connectivity index (χ2n) is 3.80. The van der Waals surface area contributed by atoms with Gasteiger partial charge >= 0.3 is 11.9 Å². The van der Waals surface area contributed by atoms with Gasteiger partial charge < -0.3 is 9.47 Å². The Morgan fingerprint density at radius 1 is 1.15 bits per heavy atom. The molecule has 2 aromatic heterocycles. The van der Waals surface area contributed by atoms with Crippen LogP contribution >= 0.6 is 0 Å². The first-order chi connectivity index (χ1) is 9.56. The molecule has 0 aliphatic carbocycles. The number of nitrogens with zero attached hydrogens (tertiary/aromatic N) is 4. The number of esters is 2. The van der Waals surface area contributed by atoms with Crippen LogP contribution in [0.15, 0.2) is 18.5 Å². The zero-order valence-corrected chi connectivity index (χ0v) is 11.2. The van der Waals surface area contributed by atoms with Crippen LogP contribution in [0.5, 0.6) is 0 Å². The highest BCUT2D eigenvalue weighted by Gasteiger charge is 2.15. The monoisotopic (exact) mass is 276 g/mol. The van der Waals surface area contributed by atoms with E-state index in [1.807, 2.05) is 0 Å². The lowest BCUT2D eigenvalue weighted by molar-refractivity contribution is 0.0582. The molecular formula is C12H12N4O4. The number of hydrogen-bond acceptors (Lipinski definition) is 7. The molecule has 8 nitrogen and oxygen atoms in total. The predicted octanol–water partition coefficient (Wildman–Crippen LogP) is 0.544. The van der Waals surface area contributed by atoms with Crippen LogP contribution < -0.4 is 0 Å². The maximum atomic E-state index is 11.5. The highest BCUT2D eigenvalue weighted by atomic mass is 16.5. The van der Waals surface area contributed by atoms with Crippen molar-refractivity contribution in [3.8, 4) is 5.82 Å². The van der Waals surface area contributed by atoms with E-state index in [0.717, 1.165) is 0 Å². The zero-order chi connectivity index (χ0) is 14.7. The van der Waals surface area contributed by atoms with Crippen molar-refractivity contribution in [1.29, 1.82) is 0 Å². The summed E-state index contributed by atoms with van der Waals surface area (Å²) < 4.78 is 10.5. The molecule has 0 aliphatic heterocycles. The highest BCUT2D eigenvalue weighted by molar-refractivity contribution is 5.90. The Balaban J connectivity index is 2.34. The fourth-order valence-electron chi connectivity index (χ4n) is 1.56. The molecule has 20 heavy (non-hydrogen) atoms. The number of rotatable bonds is 3. The van der Waals surface area contributed by atoms with Crippen molar-refractivity contribution in [2.45, 2.75) is 6.92 Å². The predicted molar refractivity (Wildman–Crippen MR) is 66.6 cm³/mol. The Labute approximate surface area is 114 Å². The summed E-state index contributed by atoms with van der Waals surface area (Å²) in [5, 5.41) is 3.94. The molecule has 2 rings (SSSR count). The summed E-state index contributed by atoms with van der Waals surface area (Å²) in [7, 11) is 2.55. The third-order valence-electron chi connectivity index (χ3n) is 2.57. The molecule has 0 spiro atoms. The van der Waals surface area contributed by atoms with Crippen molar-refractivity contribution in [2.75, 3.05) is 14.2 Å². The lowest BCUT2D eigenvalue weighted by Crippen LogP contribution is -2.09. The average molecular weight is 276 g/mol. The van der Waals surface area contributed by atoms with Gasteiger partial charge in [-0.15, -0.1) is 5.10 Å². The van der Waals surface area contributed by atoms with E-state index in [1.54, 1.807) is 19.1 Å². The van der Waals surface area contributed by atoms with Gasteiger partial charge in [0.15, 0.2) is 5.82 Å². The van der Waals surface area contributed by atoms with Gasteiger partial charge in [-0.2, -0.15) is 0 Å². The molecule has 0 atom stereocenters. The lowest BCUT2D eigenvalue weighted by Gasteiger charge is -2.05. The van der Waals surface area contributed by atoms with Gasteiger partial charge in [-0.3, -0.25) is 0 Å². The van der Waals surface area contributed by atoms with Gasteiger partial charge in [0.1, 0.15) is 6.33 Å². The van der Waals surface area contributed by atoms with Gasteiger partial charge in [0.05, 0.1) is 25.5 Å². The summed E-state index contributed by atoms with van der Waals surface area (Å²) in [6.07, 6.45) is 1.34. The topological polar surface area (TPSA) is 96.2 Å². The van der Waals surface area contributed by atoms with Crippen LogP contribution in [0.25, 0.3) is 5.82 Å². The first kappa shape index (κ1) is 13.7. The number of aromatic nitrogens is 4. The molecule has 0 aromatic carbocycles. The quantitative estimate of drug-likeness (QED) is 0.755. The summed E-state index contributed by atoms with van der Waals surface area (Å²) in [6.45, 7) is 1.67. The van der Waals surface area contributed by atoms with Gasteiger partial charge in [0.25, 0.3) is 5.82 Å². The van der Waals surface area contributed by atoms with Gasteiger partial charge in [-0.05, 0) is 19.1 Å². The van der Waals surface area contributed by atoms with E-state index in [1.165, 1.54) is 25.2 Å². The summed E-state index contributed by atoms with van der Waals surface area (Å²) in [5.41, 5.74) is 0.856. The SMILES string of the molecule is COC(=O)c1ncn(-c2ccc(C(=O)OC)c(C)n2)n1. The second kappa shape index (κ2) is 5.47. The summed E-state index contributed by atoms with van der Waals surface area (Å²) in [6, 6.07) is 3.15. The molecule has 8 heteroatoms. The Hall–Kier alpha value is -2.77. The Morgan fingerprint density at radius 3 is 2.45 bits per heavy atom. The van der Waals surface area contributed by atoms with Gasteiger partial charge in [-0.25, -0.2) is 24.2 Å². The van der Waals surface area contributed by atoms with E-state index in [2.05, 4.69) is 24.5 Å². The number of carbonyl (C=O) groups excluding carboxylic acids is 2. The fourth-order valence-corrected chi connectivity index (χ4v) is 1.56. The number of carbonyl (C=O) groups is 2. The van der Waals surface area contributed by atoms with Crippen molar-refractivity contribution in [1.82, 2.24) is 19.7 Å². The van der Waals surface area contributed by atoms with E-state index >= 15 is 0 Å². The molecule has 0 bridgehead atoms. The molecule has 0 saturated heterocycles. The van der Waals surface area contributed by atoms with E-state index in [0.29, 0.717) is 17.1 Å². The summed E-state index contributed by atoms with van der Waals surface area (Å²) in [5.74, 6) is -0.733. The van der Waals surface area contributed by atoms with Crippen molar-refractivity contribution < 1.29 is 19.1 Å². The number of aryl methyl sites for hydroxylation is 1. The maximum absolute atomic E-state index is 11.5. The third-order valence-corrected chi connectivity index (χ3v) is 2.57. The molecule has 0 radical (unpaired) electrons. The molecule has 0 saturated carbocycles. The maximum Gasteiger partial charge on any atom is 0.377 e. The van der Waals surface area contributed by atoms with Gasteiger partial charge in [0, 0.05) is 0 Å². The Kier molecular flexibility index (Phi) is 3.74. The lowest BCUT2D eigenvalue weighted by atomic mass is 10.2. The van der Waals surface area contributed by atoms with Crippen molar-refractivity contribution in [3.63, 3.8) is 0 Å². The van der Waals surface area contributed by atoms with E-state index < -0.39 is 11.9 Å². The van der Waals surface area contributed by atoms with Crippen LogP contribution in [0.1, 0.15) is 26.7 Å². The molecule has 0 aliphatic rings. The van der Waals surface area contributed by atoms with Crippen molar-refractivity contribution in [3.05, 3.63) is 35.5 Å². The van der Waals surface area contributed by atoms with E-state index in [4.69, 9.17) is 0 Å². The molecule has 2 aromatic rings. The first-order valence-electron chi connectivity index (χ1n) is 5.63. The molecule has 2 heterocycles. The van der Waals surface area contributed by atoms with Crippen molar-refractivity contribution in [2.24, 2.45) is 0 Å². The molecule has 104 valence electrons. The van der Waals surface area contributed by atoms with Crippen LogP contribution in [0.2, 0.25) is 0 Å². The van der Waals surface area contributed by atoms with E-state index in [9.17, 15) is 9.59 Å². The van der Waals surface area contributed by atoms with Crippen molar-refractivity contribution >= 4 is 11.9 Å². The standard InChI is InChI=1S/C12H12N4O4/c1-7-8(11(17)19-2)4-5-9(14-7)16-6-13-10(15-16)12(18)20-3/h4-6H,1-3H3. The molecule has 0 fully saturated rings. The number of pyridine rings is 1. The van der Waals surface area contributed by atoms with E-state index in [-0.39, 0.29) is 5.82 Å². The minimum atomic E-state index is -0.633.